The van der Waals surface area contributed by atoms with Crippen molar-refractivity contribution in [3.63, 3.8) is 0 Å². The zero-order valence-electron chi connectivity index (χ0n) is 10.4. The molecule has 1 saturated heterocycles. The number of sulfonamides is 1. The van der Waals surface area contributed by atoms with Crippen LogP contribution < -0.4 is 5.14 Å². The fourth-order valence-electron chi connectivity index (χ4n) is 2.21. The third kappa shape index (κ3) is 3.16. The topological polar surface area (TPSA) is 80.5 Å². The number of halogens is 1. The smallest absolute Gasteiger partial charge is 0.224 e. The monoisotopic (exact) mass is 346 g/mol. The van der Waals surface area contributed by atoms with Gasteiger partial charge in [0.25, 0.3) is 0 Å². The predicted molar refractivity (Wildman–Crippen MR) is 75.8 cm³/mol. The van der Waals surface area contributed by atoms with E-state index in [4.69, 9.17) is 5.14 Å². The van der Waals surface area contributed by atoms with Crippen molar-refractivity contribution in [1.82, 2.24) is 4.90 Å². The third-order valence-corrected chi connectivity index (χ3v) is 5.18. The number of nitrogens with zero attached hydrogens (tertiary/aromatic N) is 1. The fraction of sp³-hybridized carbons (Fsp3) is 0.417. The predicted octanol–water partition coefficient (Wildman–Crippen LogP) is 1.40. The van der Waals surface area contributed by atoms with E-state index in [-0.39, 0.29) is 24.9 Å². The second-order valence-electron chi connectivity index (χ2n) is 4.69. The van der Waals surface area contributed by atoms with E-state index >= 15 is 0 Å². The lowest BCUT2D eigenvalue weighted by Gasteiger charge is -2.25. The molecule has 2 rings (SSSR count). The van der Waals surface area contributed by atoms with Crippen LogP contribution in [0.5, 0.6) is 0 Å². The van der Waals surface area contributed by atoms with Crippen LogP contribution in [0.15, 0.2) is 28.7 Å². The summed E-state index contributed by atoms with van der Waals surface area (Å²) in [7, 11) is -3.66. The van der Waals surface area contributed by atoms with Gasteiger partial charge >= 0.3 is 0 Å². The zero-order valence-corrected chi connectivity index (χ0v) is 12.8. The number of likely N-dealkylation sites (tertiary alicyclic amines) is 1. The van der Waals surface area contributed by atoms with Crippen LogP contribution in [0.2, 0.25) is 0 Å². The van der Waals surface area contributed by atoms with Gasteiger partial charge in [-0.25, -0.2) is 13.6 Å². The molecule has 0 spiro atoms. The maximum atomic E-state index is 11.9. The summed E-state index contributed by atoms with van der Waals surface area (Å²) in [4.78, 5) is 13.5. The Bertz CT molecular complexity index is 585. The number of amides is 1. The molecule has 1 aromatic carbocycles. The summed E-state index contributed by atoms with van der Waals surface area (Å²) < 4.78 is 23.6. The van der Waals surface area contributed by atoms with Gasteiger partial charge in [-0.3, -0.25) is 4.79 Å². The van der Waals surface area contributed by atoms with Crippen LogP contribution in [0.25, 0.3) is 0 Å². The summed E-state index contributed by atoms with van der Waals surface area (Å²) >= 11 is 3.35. The Morgan fingerprint density at radius 1 is 1.37 bits per heavy atom. The number of carbonyl (C=O) groups is 1. The Morgan fingerprint density at radius 3 is 2.42 bits per heavy atom. The number of benzene rings is 1. The number of primary sulfonamides is 1. The largest absolute Gasteiger partial charge is 0.335 e. The van der Waals surface area contributed by atoms with Gasteiger partial charge in [0.2, 0.25) is 15.9 Å². The molecule has 0 bridgehead atoms. The van der Waals surface area contributed by atoms with E-state index in [0.29, 0.717) is 0 Å². The first kappa shape index (κ1) is 14.5. The van der Waals surface area contributed by atoms with Gasteiger partial charge < -0.3 is 4.90 Å². The molecule has 0 radical (unpaired) electrons. The molecule has 1 amide bonds. The van der Waals surface area contributed by atoms with E-state index in [1.165, 1.54) is 0 Å². The minimum atomic E-state index is -3.66. The molecule has 1 aromatic rings. The summed E-state index contributed by atoms with van der Waals surface area (Å²) in [6.07, 6.45) is -0.0281. The van der Waals surface area contributed by atoms with Gasteiger partial charge in [0, 0.05) is 17.4 Å². The quantitative estimate of drug-likeness (QED) is 0.898. The Labute approximate surface area is 121 Å². The minimum Gasteiger partial charge on any atom is -0.335 e. The second-order valence-corrected chi connectivity index (χ2v) is 7.45. The highest BCUT2D eigenvalue weighted by atomic mass is 79.9. The van der Waals surface area contributed by atoms with Gasteiger partial charge in [-0.15, -0.1) is 0 Å². The van der Waals surface area contributed by atoms with Crippen molar-refractivity contribution in [2.24, 2.45) is 5.14 Å². The van der Waals surface area contributed by atoms with Crippen LogP contribution in [0.1, 0.15) is 24.9 Å². The summed E-state index contributed by atoms with van der Waals surface area (Å²) in [5.74, 6) is -0.172. The molecule has 1 aliphatic rings. The van der Waals surface area contributed by atoms with E-state index in [2.05, 4.69) is 15.9 Å². The molecule has 19 heavy (non-hydrogen) atoms. The van der Waals surface area contributed by atoms with Crippen molar-refractivity contribution in [3.05, 3.63) is 34.3 Å². The summed E-state index contributed by atoms with van der Waals surface area (Å²) in [5, 5.41) is 4.32. The molecule has 7 heteroatoms. The molecule has 1 aliphatic heterocycles. The number of carbonyl (C=O) groups excluding carboxylic acids is 1. The van der Waals surface area contributed by atoms with Crippen LogP contribution >= 0.6 is 15.9 Å². The van der Waals surface area contributed by atoms with Gasteiger partial charge in [-0.1, -0.05) is 28.1 Å². The highest BCUT2D eigenvalue weighted by molar-refractivity contribution is 9.10. The van der Waals surface area contributed by atoms with E-state index in [1.54, 1.807) is 4.90 Å². The maximum Gasteiger partial charge on any atom is 0.224 e. The van der Waals surface area contributed by atoms with Crippen LogP contribution in [0.4, 0.5) is 0 Å². The Kier molecular flexibility index (Phi) is 3.98. The van der Waals surface area contributed by atoms with Crippen molar-refractivity contribution in [3.8, 4) is 0 Å². The first-order valence-corrected chi connectivity index (χ1v) is 8.26. The first-order chi connectivity index (χ1) is 8.79. The van der Waals surface area contributed by atoms with Crippen LogP contribution in [0.3, 0.4) is 0 Å². The van der Waals surface area contributed by atoms with Crippen molar-refractivity contribution in [2.45, 2.75) is 24.6 Å². The Balaban J connectivity index is 2.18. The van der Waals surface area contributed by atoms with Crippen LogP contribution in [-0.4, -0.2) is 31.0 Å². The second kappa shape index (κ2) is 5.22. The molecule has 1 unspecified atom stereocenters. The summed E-state index contributed by atoms with van der Waals surface area (Å²) in [6, 6.07) is 7.44. The molecule has 1 heterocycles. The average Bonchev–Trinajstić information content (AvgIpc) is 2.71. The molecule has 2 atom stereocenters. The molecular weight excluding hydrogens is 332 g/mol. The highest BCUT2D eigenvalue weighted by Crippen LogP contribution is 2.28. The minimum absolute atomic E-state index is 0.0281. The number of rotatable bonds is 3. The first-order valence-electron chi connectivity index (χ1n) is 5.85. The van der Waals surface area contributed by atoms with Crippen LogP contribution in [-0.2, 0) is 14.8 Å². The van der Waals surface area contributed by atoms with Gasteiger partial charge in [-0.05, 0) is 24.6 Å². The Hall–Kier alpha value is -0.920. The highest BCUT2D eigenvalue weighted by Gasteiger charge is 2.38. The molecule has 1 fully saturated rings. The van der Waals surface area contributed by atoms with Gasteiger partial charge in [0.05, 0.1) is 6.04 Å². The van der Waals surface area contributed by atoms with Gasteiger partial charge in [0.1, 0.15) is 5.25 Å². The Morgan fingerprint density at radius 2 is 1.95 bits per heavy atom. The number of hydrogen-bond acceptors (Lipinski definition) is 3. The molecule has 0 aliphatic carbocycles. The fourth-order valence-corrected chi connectivity index (χ4v) is 3.22. The van der Waals surface area contributed by atoms with E-state index in [0.717, 1.165) is 10.0 Å². The van der Waals surface area contributed by atoms with E-state index in [9.17, 15) is 13.2 Å². The maximum absolute atomic E-state index is 11.9. The van der Waals surface area contributed by atoms with E-state index < -0.39 is 15.3 Å². The van der Waals surface area contributed by atoms with Crippen LogP contribution in [0, 0.1) is 0 Å². The molecule has 5 nitrogen and oxygen atoms in total. The van der Waals surface area contributed by atoms with Crippen molar-refractivity contribution < 1.29 is 13.2 Å². The lowest BCUT2D eigenvalue weighted by atomic mass is 10.1. The average molecular weight is 347 g/mol. The number of hydrogen-bond donors (Lipinski definition) is 1. The molecule has 104 valence electrons. The third-order valence-electron chi connectivity index (χ3n) is 3.41. The summed E-state index contributed by atoms with van der Waals surface area (Å²) in [6.45, 7) is 2.04. The lowest BCUT2D eigenvalue weighted by Crippen LogP contribution is -2.33. The standard InChI is InChI=1S/C12H15BrN2O3S/c1-8(9-2-4-10(13)5-3-9)15-7-11(6-12(15)16)19(14,17)18/h2-5,8,11H,6-7H2,1H3,(H2,14,17,18)/t8-,11?/m0/s1. The normalized spacial score (nSPS) is 21.7. The lowest BCUT2D eigenvalue weighted by molar-refractivity contribution is -0.129. The molecular formula is C12H15BrN2O3S. The molecule has 2 N–H and O–H groups in total. The zero-order chi connectivity index (χ0) is 14.2. The van der Waals surface area contributed by atoms with Crippen molar-refractivity contribution in [2.75, 3.05) is 6.54 Å². The molecule has 0 saturated carbocycles. The van der Waals surface area contributed by atoms with Crippen molar-refractivity contribution >= 4 is 31.9 Å². The molecule has 0 aromatic heterocycles. The number of nitrogens with two attached hydrogens (primary N) is 1. The van der Waals surface area contributed by atoms with Gasteiger partial charge in [0.15, 0.2) is 0 Å². The van der Waals surface area contributed by atoms with E-state index in [1.807, 2.05) is 31.2 Å². The SMILES string of the molecule is C[C@@H](c1ccc(Br)cc1)N1CC(S(N)(=O)=O)CC1=O. The van der Waals surface area contributed by atoms with Crippen molar-refractivity contribution in [1.29, 1.82) is 0 Å². The van der Waals surface area contributed by atoms with Gasteiger partial charge in [-0.2, -0.15) is 0 Å². The summed E-state index contributed by atoms with van der Waals surface area (Å²) in [5.41, 5.74) is 0.964.